The van der Waals surface area contributed by atoms with Crippen molar-refractivity contribution in [3.8, 4) is 0 Å². The second-order valence-electron chi connectivity index (χ2n) is 5.69. The number of pyridine rings is 1. The molecule has 6 nitrogen and oxygen atoms in total. The molecule has 1 saturated heterocycles. The second kappa shape index (κ2) is 5.81. The number of hydrogen-bond donors (Lipinski definition) is 0. The Morgan fingerprint density at radius 1 is 1.38 bits per heavy atom. The Hall–Kier alpha value is -1.95. The van der Waals surface area contributed by atoms with Crippen LogP contribution in [0.1, 0.15) is 29.0 Å². The molecular formula is C15H20N4O2. The Labute approximate surface area is 123 Å². The van der Waals surface area contributed by atoms with Gasteiger partial charge in [-0.3, -0.25) is 0 Å². The van der Waals surface area contributed by atoms with Crippen LogP contribution in [-0.2, 0) is 11.2 Å². The first-order valence-corrected chi connectivity index (χ1v) is 7.28. The van der Waals surface area contributed by atoms with Gasteiger partial charge in [-0.1, -0.05) is 0 Å². The highest BCUT2D eigenvalue weighted by atomic mass is 16.5. The van der Waals surface area contributed by atoms with Crippen LogP contribution in [0.3, 0.4) is 0 Å². The van der Waals surface area contributed by atoms with Crippen LogP contribution in [-0.4, -0.2) is 52.7 Å². The van der Waals surface area contributed by atoms with Gasteiger partial charge in [0.15, 0.2) is 11.5 Å². The molecule has 0 saturated carbocycles. The molecule has 1 fully saturated rings. The van der Waals surface area contributed by atoms with Crippen molar-refractivity contribution in [2.45, 2.75) is 19.3 Å². The van der Waals surface area contributed by atoms with Crippen LogP contribution < -0.4 is 0 Å². The van der Waals surface area contributed by atoms with Gasteiger partial charge in [-0.25, -0.2) is 14.3 Å². The van der Waals surface area contributed by atoms with E-state index in [4.69, 9.17) is 4.74 Å². The summed E-state index contributed by atoms with van der Waals surface area (Å²) in [5.74, 6) is 1.15. The maximum atomic E-state index is 11.5. The smallest absolute Gasteiger partial charge is 0.339 e. The number of aromatic nitrogens is 3. The summed E-state index contributed by atoms with van der Waals surface area (Å²) in [7, 11) is 3.53. The number of fused-ring (bicyclic) bond motifs is 1. The van der Waals surface area contributed by atoms with Crippen LogP contribution in [0, 0.1) is 5.92 Å². The van der Waals surface area contributed by atoms with Crippen molar-refractivity contribution >= 4 is 11.6 Å². The zero-order valence-electron chi connectivity index (χ0n) is 12.5. The maximum Gasteiger partial charge on any atom is 0.339 e. The Kier molecular flexibility index (Phi) is 3.88. The van der Waals surface area contributed by atoms with Gasteiger partial charge in [-0.05, 0) is 51.0 Å². The van der Waals surface area contributed by atoms with Crippen molar-refractivity contribution in [1.29, 1.82) is 0 Å². The molecule has 0 amide bonds. The fourth-order valence-corrected chi connectivity index (χ4v) is 2.78. The van der Waals surface area contributed by atoms with Gasteiger partial charge in [0, 0.05) is 12.6 Å². The summed E-state index contributed by atoms with van der Waals surface area (Å²) < 4.78 is 6.38. The van der Waals surface area contributed by atoms with E-state index in [1.54, 1.807) is 22.8 Å². The molecule has 0 bridgehead atoms. The van der Waals surface area contributed by atoms with E-state index < -0.39 is 0 Å². The first-order chi connectivity index (χ1) is 10.2. The molecule has 0 unspecified atom stereocenters. The Bertz CT molecular complexity index is 644. The third kappa shape index (κ3) is 3.05. The van der Waals surface area contributed by atoms with Gasteiger partial charge < -0.3 is 9.64 Å². The second-order valence-corrected chi connectivity index (χ2v) is 5.69. The third-order valence-electron chi connectivity index (χ3n) is 4.11. The summed E-state index contributed by atoms with van der Waals surface area (Å²) in [6, 6.07) is 3.52. The lowest BCUT2D eigenvalue weighted by molar-refractivity contribution is 0.0600. The molecule has 0 N–H and O–H groups in total. The zero-order valence-corrected chi connectivity index (χ0v) is 12.5. The highest BCUT2D eigenvalue weighted by molar-refractivity contribution is 5.89. The molecule has 3 heterocycles. The number of rotatable bonds is 3. The van der Waals surface area contributed by atoms with Crippen molar-refractivity contribution in [1.82, 2.24) is 19.5 Å². The van der Waals surface area contributed by atoms with Crippen molar-refractivity contribution in [2.75, 3.05) is 27.2 Å². The Morgan fingerprint density at radius 2 is 2.14 bits per heavy atom. The predicted molar refractivity (Wildman–Crippen MR) is 78.3 cm³/mol. The molecule has 6 heteroatoms. The van der Waals surface area contributed by atoms with Gasteiger partial charge in [-0.2, -0.15) is 5.10 Å². The van der Waals surface area contributed by atoms with Gasteiger partial charge in [-0.15, -0.1) is 0 Å². The van der Waals surface area contributed by atoms with Crippen LogP contribution >= 0.6 is 0 Å². The normalized spacial score (nSPS) is 17.2. The van der Waals surface area contributed by atoms with Crippen molar-refractivity contribution in [3.63, 3.8) is 0 Å². The molecule has 0 radical (unpaired) electrons. The van der Waals surface area contributed by atoms with E-state index in [1.165, 1.54) is 20.0 Å². The number of ether oxygens (including phenoxy) is 1. The molecule has 1 aliphatic rings. The van der Waals surface area contributed by atoms with Crippen molar-refractivity contribution < 1.29 is 9.53 Å². The molecule has 0 aliphatic carbocycles. The van der Waals surface area contributed by atoms with Gasteiger partial charge in [0.05, 0.1) is 12.7 Å². The van der Waals surface area contributed by atoms with E-state index in [0.717, 1.165) is 31.0 Å². The van der Waals surface area contributed by atoms with E-state index in [-0.39, 0.29) is 5.97 Å². The predicted octanol–water partition coefficient (Wildman–Crippen LogP) is 1.40. The molecule has 21 heavy (non-hydrogen) atoms. The number of likely N-dealkylation sites (tertiary alicyclic amines) is 1. The lowest BCUT2D eigenvalue weighted by atomic mass is 9.94. The molecule has 2 aromatic heterocycles. The van der Waals surface area contributed by atoms with Crippen LogP contribution in [0.4, 0.5) is 0 Å². The highest BCUT2D eigenvalue weighted by Gasteiger charge is 2.19. The zero-order chi connectivity index (χ0) is 14.8. The Morgan fingerprint density at radius 3 is 2.86 bits per heavy atom. The lowest BCUT2D eigenvalue weighted by Gasteiger charge is -2.28. The quantitative estimate of drug-likeness (QED) is 0.799. The number of carbonyl (C=O) groups excluding carboxylic acids is 1. The van der Waals surface area contributed by atoms with Gasteiger partial charge in [0.1, 0.15) is 0 Å². The number of carbonyl (C=O) groups is 1. The largest absolute Gasteiger partial charge is 0.465 e. The monoisotopic (exact) mass is 288 g/mol. The summed E-state index contributed by atoms with van der Waals surface area (Å²) >= 11 is 0. The minimum atomic E-state index is -0.357. The van der Waals surface area contributed by atoms with E-state index >= 15 is 0 Å². The van der Waals surface area contributed by atoms with Crippen LogP contribution in [0.15, 0.2) is 18.3 Å². The summed E-state index contributed by atoms with van der Waals surface area (Å²) in [5, 5.41) is 4.49. The molecule has 1 aliphatic heterocycles. The highest BCUT2D eigenvalue weighted by Crippen LogP contribution is 2.19. The molecular weight excluding hydrogens is 268 g/mol. The van der Waals surface area contributed by atoms with E-state index in [9.17, 15) is 4.79 Å². The summed E-state index contributed by atoms with van der Waals surface area (Å²) in [6.07, 6.45) is 4.97. The number of esters is 1. The van der Waals surface area contributed by atoms with E-state index in [0.29, 0.717) is 11.5 Å². The van der Waals surface area contributed by atoms with E-state index in [1.807, 2.05) is 0 Å². The van der Waals surface area contributed by atoms with E-state index in [2.05, 4.69) is 22.0 Å². The Balaban J connectivity index is 1.76. The number of piperidine rings is 1. The minimum absolute atomic E-state index is 0.357. The number of methoxy groups -OCH3 is 1. The SMILES string of the molecule is COC(=O)c1ccc2nc(CC3CCN(C)CC3)nn2c1. The van der Waals surface area contributed by atoms with Crippen molar-refractivity contribution in [2.24, 2.45) is 5.92 Å². The minimum Gasteiger partial charge on any atom is -0.465 e. The van der Waals surface area contributed by atoms with Gasteiger partial charge >= 0.3 is 5.97 Å². The first-order valence-electron chi connectivity index (χ1n) is 7.28. The molecule has 112 valence electrons. The van der Waals surface area contributed by atoms with Crippen LogP contribution in [0.2, 0.25) is 0 Å². The van der Waals surface area contributed by atoms with Gasteiger partial charge in [0.2, 0.25) is 0 Å². The fraction of sp³-hybridized carbons (Fsp3) is 0.533. The number of hydrogen-bond acceptors (Lipinski definition) is 5. The molecule has 0 atom stereocenters. The summed E-state index contributed by atoms with van der Waals surface area (Å²) in [5.41, 5.74) is 1.26. The standard InChI is InChI=1S/C15H20N4O2/c1-18-7-5-11(6-8-18)9-13-16-14-4-3-12(15(20)21-2)10-19(14)17-13/h3-4,10-11H,5-9H2,1-2H3. The molecule has 0 aromatic carbocycles. The van der Waals surface area contributed by atoms with Gasteiger partial charge in [0.25, 0.3) is 0 Å². The molecule has 2 aromatic rings. The maximum absolute atomic E-state index is 11.5. The molecule has 0 spiro atoms. The topological polar surface area (TPSA) is 59.7 Å². The average molecular weight is 288 g/mol. The fourth-order valence-electron chi connectivity index (χ4n) is 2.78. The summed E-state index contributed by atoms with van der Waals surface area (Å²) in [4.78, 5) is 18.4. The average Bonchev–Trinajstić information content (AvgIpc) is 2.90. The number of nitrogens with zero attached hydrogens (tertiary/aromatic N) is 4. The third-order valence-corrected chi connectivity index (χ3v) is 4.11. The van der Waals surface area contributed by atoms with Crippen LogP contribution in [0.25, 0.3) is 5.65 Å². The first kappa shape index (κ1) is 14.0. The van der Waals surface area contributed by atoms with Crippen molar-refractivity contribution in [3.05, 3.63) is 29.7 Å². The molecule has 3 rings (SSSR count). The summed E-state index contributed by atoms with van der Waals surface area (Å²) in [6.45, 7) is 2.29. The lowest BCUT2D eigenvalue weighted by Crippen LogP contribution is -2.31. The van der Waals surface area contributed by atoms with Crippen LogP contribution in [0.5, 0.6) is 0 Å².